The van der Waals surface area contributed by atoms with Crippen LogP contribution in [0.3, 0.4) is 0 Å². The van der Waals surface area contributed by atoms with Crippen molar-refractivity contribution in [2.24, 2.45) is 0 Å². The minimum Gasteiger partial charge on any atom is -0.310 e. The van der Waals surface area contributed by atoms with Crippen molar-refractivity contribution < 1.29 is 8.78 Å². The lowest BCUT2D eigenvalue weighted by Gasteiger charge is -2.04. The number of halogens is 2. The van der Waals surface area contributed by atoms with Crippen LogP contribution < -0.4 is 5.32 Å². The van der Waals surface area contributed by atoms with Crippen LogP contribution in [-0.2, 0) is 0 Å². The van der Waals surface area contributed by atoms with Crippen molar-refractivity contribution in [3.63, 3.8) is 0 Å². The SMILES string of the molecule is CC(=Cc1c(F)cccc1F)CNC1CC1. The Morgan fingerprint density at radius 3 is 2.56 bits per heavy atom. The summed E-state index contributed by atoms with van der Waals surface area (Å²) in [5.41, 5.74) is 0.994. The van der Waals surface area contributed by atoms with E-state index in [-0.39, 0.29) is 5.56 Å². The maximum Gasteiger partial charge on any atom is 0.133 e. The second kappa shape index (κ2) is 4.74. The molecule has 1 aromatic carbocycles. The predicted molar refractivity (Wildman–Crippen MR) is 61.0 cm³/mol. The van der Waals surface area contributed by atoms with E-state index in [0.717, 1.165) is 5.57 Å². The highest BCUT2D eigenvalue weighted by molar-refractivity contribution is 5.54. The molecule has 1 aliphatic rings. The van der Waals surface area contributed by atoms with E-state index in [1.807, 2.05) is 6.92 Å². The lowest BCUT2D eigenvalue weighted by atomic mass is 10.1. The summed E-state index contributed by atoms with van der Waals surface area (Å²) in [4.78, 5) is 0. The van der Waals surface area contributed by atoms with Gasteiger partial charge in [0.05, 0.1) is 0 Å². The summed E-state index contributed by atoms with van der Waals surface area (Å²) in [5.74, 6) is -1.02. The first kappa shape index (κ1) is 11.3. The molecule has 0 aromatic heterocycles. The van der Waals surface area contributed by atoms with Crippen LogP contribution in [0.4, 0.5) is 8.78 Å². The summed E-state index contributed by atoms with van der Waals surface area (Å²) in [6.45, 7) is 2.57. The first-order chi connectivity index (χ1) is 7.66. The quantitative estimate of drug-likeness (QED) is 0.827. The van der Waals surface area contributed by atoms with Gasteiger partial charge in [0.25, 0.3) is 0 Å². The van der Waals surface area contributed by atoms with Crippen molar-refractivity contribution in [3.8, 4) is 0 Å². The number of hydrogen-bond donors (Lipinski definition) is 1. The summed E-state index contributed by atoms with van der Waals surface area (Å²) in [5, 5.41) is 3.30. The molecule has 0 heterocycles. The van der Waals surface area contributed by atoms with E-state index in [9.17, 15) is 8.78 Å². The molecule has 16 heavy (non-hydrogen) atoms. The number of hydrogen-bond acceptors (Lipinski definition) is 1. The maximum atomic E-state index is 13.3. The Morgan fingerprint density at radius 1 is 1.38 bits per heavy atom. The van der Waals surface area contributed by atoms with Gasteiger partial charge in [0, 0.05) is 18.2 Å². The number of rotatable bonds is 4. The third-order valence-electron chi connectivity index (χ3n) is 2.64. The highest BCUT2D eigenvalue weighted by Crippen LogP contribution is 2.19. The maximum absolute atomic E-state index is 13.3. The number of benzene rings is 1. The van der Waals surface area contributed by atoms with Crippen LogP contribution in [0.15, 0.2) is 23.8 Å². The molecule has 0 radical (unpaired) electrons. The average molecular weight is 223 g/mol. The Hall–Kier alpha value is -1.22. The van der Waals surface area contributed by atoms with E-state index in [1.54, 1.807) is 6.08 Å². The van der Waals surface area contributed by atoms with Crippen LogP contribution in [0.2, 0.25) is 0 Å². The van der Waals surface area contributed by atoms with Gasteiger partial charge in [0.1, 0.15) is 11.6 Å². The zero-order chi connectivity index (χ0) is 11.5. The van der Waals surface area contributed by atoms with E-state index in [2.05, 4.69) is 5.32 Å². The zero-order valence-electron chi connectivity index (χ0n) is 9.26. The van der Waals surface area contributed by atoms with Crippen LogP contribution in [-0.4, -0.2) is 12.6 Å². The van der Waals surface area contributed by atoms with Crippen molar-refractivity contribution in [3.05, 3.63) is 41.0 Å². The third-order valence-corrected chi connectivity index (χ3v) is 2.64. The van der Waals surface area contributed by atoms with Crippen molar-refractivity contribution in [2.45, 2.75) is 25.8 Å². The van der Waals surface area contributed by atoms with E-state index >= 15 is 0 Å². The van der Waals surface area contributed by atoms with Crippen LogP contribution in [0, 0.1) is 11.6 Å². The molecule has 1 aliphatic carbocycles. The van der Waals surface area contributed by atoms with E-state index < -0.39 is 11.6 Å². The summed E-state index contributed by atoms with van der Waals surface area (Å²) in [6.07, 6.45) is 3.99. The Morgan fingerprint density at radius 2 is 2.00 bits per heavy atom. The summed E-state index contributed by atoms with van der Waals surface area (Å²) >= 11 is 0. The predicted octanol–water partition coefficient (Wildman–Crippen LogP) is 3.12. The molecule has 1 aromatic rings. The van der Waals surface area contributed by atoms with Crippen LogP contribution in [0.5, 0.6) is 0 Å². The number of nitrogens with one attached hydrogen (secondary N) is 1. The Bertz CT molecular complexity index is 388. The Labute approximate surface area is 94.2 Å². The van der Waals surface area contributed by atoms with Crippen LogP contribution in [0.25, 0.3) is 6.08 Å². The Kier molecular flexibility index (Phi) is 3.34. The fourth-order valence-electron chi connectivity index (χ4n) is 1.54. The third kappa shape index (κ3) is 2.89. The summed E-state index contributed by atoms with van der Waals surface area (Å²) in [6, 6.07) is 4.53. The fraction of sp³-hybridized carbons (Fsp3) is 0.385. The van der Waals surface area contributed by atoms with Gasteiger partial charge < -0.3 is 5.32 Å². The molecule has 0 bridgehead atoms. The van der Waals surface area contributed by atoms with Gasteiger partial charge in [-0.15, -0.1) is 0 Å². The van der Waals surface area contributed by atoms with Gasteiger partial charge >= 0.3 is 0 Å². The van der Waals surface area contributed by atoms with Gasteiger partial charge in [-0.05, 0) is 38.0 Å². The van der Waals surface area contributed by atoms with Gasteiger partial charge in [0.2, 0.25) is 0 Å². The second-order valence-electron chi connectivity index (χ2n) is 4.28. The van der Waals surface area contributed by atoms with E-state index in [4.69, 9.17) is 0 Å². The second-order valence-corrected chi connectivity index (χ2v) is 4.28. The minimum absolute atomic E-state index is 0.0533. The molecule has 1 N–H and O–H groups in total. The molecule has 0 unspecified atom stereocenters. The first-order valence-electron chi connectivity index (χ1n) is 5.51. The van der Waals surface area contributed by atoms with Gasteiger partial charge in [-0.3, -0.25) is 0 Å². The van der Waals surface area contributed by atoms with Gasteiger partial charge in [0.15, 0.2) is 0 Å². The highest BCUT2D eigenvalue weighted by Gasteiger charge is 2.19. The summed E-state index contributed by atoms with van der Waals surface area (Å²) < 4.78 is 26.6. The zero-order valence-corrected chi connectivity index (χ0v) is 9.26. The molecule has 1 nitrogen and oxygen atoms in total. The smallest absolute Gasteiger partial charge is 0.133 e. The lowest BCUT2D eigenvalue weighted by Crippen LogP contribution is -2.18. The van der Waals surface area contributed by atoms with Crippen molar-refractivity contribution in [2.75, 3.05) is 6.54 Å². The van der Waals surface area contributed by atoms with Crippen LogP contribution in [0.1, 0.15) is 25.3 Å². The largest absolute Gasteiger partial charge is 0.310 e. The van der Waals surface area contributed by atoms with Crippen molar-refractivity contribution in [1.29, 1.82) is 0 Å². The molecule has 1 saturated carbocycles. The van der Waals surface area contributed by atoms with Gasteiger partial charge in [-0.2, -0.15) is 0 Å². The molecule has 0 aliphatic heterocycles. The molecular weight excluding hydrogens is 208 g/mol. The Balaban J connectivity index is 2.07. The molecule has 1 fully saturated rings. The topological polar surface area (TPSA) is 12.0 Å². The fourth-order valence-corrected chi connectivity index (χ4v) is 1.54. The standard InChI is InChI=1S/C13H15F2N/c1-9(8-16-10-5-6-10)7-11-12(14)3-2-4-13(11)15/h2-4,7,10,16H,5-6,8H2,1H3. The molecular formula is C13H15F2N. The minimum atomic E-state index is -0.509. The molecule has 2 rings (SSSR count). The average Bonchev–Trinajstić information content (AvgIpc) is 3.04. The molecule has 0 spiro atoms. The lowest BCUT2D eigenvalue weighted by molar-refractivity contribution is 0.578. The molecule has 3 heteroatoms. The van der Waals surface area contributed by atoms with Crippen LogP contribution >= 0.6 is 0 Å². The highest BCUT2D eigenvalue weighted by atomic mass is 19.1. The van der Waals surface area contributed by atoms with Gasteiger partial charge in [-0.1, -0.05) is 11.6 Å². The normalized spacial score (nSPS) is 16.6. The van der Waals surface area contributed by atoms with Crippen molar-refractivity contribution in [1.82, 2.24) is 5.32 Å². The molecule has 0 atom stereocenters. The molecule has 0 saturated heterocycles. The monoisotopic (exact) mass is 223 g/mol. The molecule has 86 valence electrons. The van der Waals surface area contributed by atoms with E-state index in [0.29, 0.717) is 12.6 Å². The molecule has 0 amide bonds. The van der Waals surface area contributed by atoms with E-state index in [1.165, 1.54) is 31.0 Å². The summed E-state index contributed by atoms with van der Waals surface area (Å²) in [7, 11) is 0. The van der Waals surface area contributed by atoms with Gasteiger partial charge in [-0.25, -0.2) is 8.78 Å². The van der Waals surface area contributed by atoms with Crippen molar-refractivity contribution >= 4 is 6.08 Å². The first-order valence-corrected chi connectivity index (χ1v) is 5.51.